The Bertz CT molecular complexity index is 1620. The lowest BCUT2D eigenvalue weighted by molar-refractivity contribution is -0.262. The van der Waals surface area contributed by atoms with Crippen molar-refractivity contribution < 1.29 is 44.1 Å². The van der Waals surface area contributed by atoms with Gasteiger partial charge in [-0.2, -0.15) is 16.8 Å². The molecule has 0 aromatic heterocycles. The molecule has 2 spiro atoms. The van der Waals surface area contributed by atoms with E-state index in [-0.39, 0.29) is 39.2 Å². The third-order valence-corrected chi connectivity index (χ3v) is 14.4. The molecule has 6 rings (SSSR count). The molecule has 12 heteroatoms. The van der Waals surface area contributed by atoms with E-state index in [4.69, 9.17) is 27.3 Å². The second-order valence-corrected chi connectivity index (χ2v) is 17.3. The van der Waals surface area contributed by atoms with Gasteiger partial charge in [-0.1, -0.05) is 20.8 Å². The summed E-state index contributed by atoms with van der Waals surface area (Å²) in [5.41, 5.74) is -2.15. The van der Waals surface area contributed by atoms with Gasteiger partial charge < -0.3 is 18.9 Å². The van der Waals surface area contributed by atoms with Gasteiger partial charge in [0.1, 0.15) is 11.5 Å². The highest BCUT2D eigenvalue weighted by Gasteiger charge is 2.70. The van der Waals surface area contributed by atoms with Crippen LogP contribution in [0.1, 0.15) is 65.7 Å². The van der Waals surface area contributed by atoms with E-state index >= 15 is 0 Å². The highest BCUT2D eigenvalue weighted by molar-refractivity contribution is 7.87. The first kappa shape index (κ1) is 33.7. The van der Waals surface area contributed by atoms with Gasteiger partial charge in [-0.25, -0.2) is 0 Å². The Hall–Kier alpha value is -2.22. The summed E-state index contributed by atoms with van der Waals surface area (Å²) in [5, 5.41) is 0. The van der Waals surface area contributed by atoms with Crippen molar-refractivity contribution in [2.75, 3.05) is 34.0 Å². The van der Waals surface area contributed by atoms with Crippen molar-refractivity contribution in [1.29, 1.82) is 0 Å². The molecule has 46 heavy (non-hydrogen) atoms. The molecule has 4 aliphatic rings. The van der Waals surface area contributed by atoms with Crippen LogP contribution in [-0.4, -0.2) is 68.2 Å². The zero-order valence-electron chi connectivity index (χ0n) is 27.3. The van der Waals surface area contributed by atoms with Crippen LogP contribution in [0.2, 0.25) is 0 Å². The molecular formula is C34H46O10S2. The summed E-state index contributed by atoms with van der Waals surface area (Å²) in [6.07, 6.45) is 4.49. The predicted octanol–water partition coefficient (Wildman–Crippen LogP) is 5.74. The van der Waals surface area contributed by atoms with Crippen molar-refractivity contribution in [3.63, 3.8) is 0 Å². The van der Waals surface area contributed by atoms with E-state index < -0.39 is 37.4 Å². The van der Waals surface area contributed by atoms with Gasteiger partial charge in [0.15, 0.2) is 0 Å². The van der Waals surface area contributed by atoms with E-state index in [1.165, 1.54) is 38.5 Å². The molecular weight excluding hydrogens is 632 g/mol. The number of hydrogen-bond donors (Lipinski definition) is 0. The van der Waals surface area contributed by atoms with E-state index in [0.717, 1.165) is 32.1 Å². The van der Waals surface area contributed by atoms with Gasteiger partial charge in [-0.3, -0.25) is 8.37 Å². The minimum Gasteiger partial charge on any atom is -0.497 e. The first-order chi connectivity index (χ1) is 21.7. The van der Waals surface area contributed by atoms with Crippen LogP contribution in [0.3, 0.4) is 0 Å². The number of hydrogen-bond acceptors (Lipinski definition) is 10. The molecule has 254 valence electrons. The van der Waals surface area contributed by atoms with Gasteiger partial charge >= 0.3 is 0 Å². The van der Waals surface area contributed by atoms with Gasteiger partial charge in [0.25, 0.3) is 20.2 Å². The zero-order valence-corrected chi connectivity index (χ0v) is 29.0. The molecule has 0 unspecified atom stereocenters. The molecule has 0 radical (unpaired) electrons. The minimum atomic E-state index is -4.21. The molecule has 2 aromatic carbocycles. The number of ether oxygens (including phenoxy) is 4. The average Bonchev–Trinajstić information content (AvgIpc) is 3.68. The summed E-state index contributed by atoms with van der Waals surface area (Å²) in [6.45, 7) is 7.46. The Balaban J connectivity index is 1.36. The third-order valence-electron chi connectivity index (χ3n) is 11.8. The lowest BCUT2D eigenvalue weighted by atomic mass is 9.43. The number of benzene rings is 2. The van der Waals surface area contributed by atoms with Gasteiger partial charge in [0.05, 0.1) is 54.5 Å². The smallest absolute Gasteiger partial charge is 0.297 e. The third kappa shape index (κ3) is 5.56. The predicted molar refractivity (Wildman–Crippen MR) is 170 cm³/mol. The Morgan fingerprint density at radius 3 is 1.96 bits per heavy atom. The molecule has 2 aliphatic heterocycles. The molecule has 2 saturated carbocycles. The fraction of sp³-hybridized carbons (Fsp3) is 0.647. The van der Waals surface area contributed by atoms with Crippen LogP contribution >= 0.6 is 0 Å². The molecule has 0 bridgehead atoms. The van der Waals surface area contributed by atoms with Crippen molar-refractivity contribution in [3.05, 3.63) is 48.5 Å². The van der Waals surface area contributed by atoms with Crippen LogP contribution in [0.5, 0.6) is 11.5 Å². The van der Waals surface area contributed by atoms with E-state index in [2.05, 4.69) is 13.8 Å². The van der Waals surface area contributed by atoms with Crippen molar-refractivity contribution in [3.8, 4) is 11.5 Å². The van der Waals surface area contributed by atoms with Gasteiger partial charge in [-0.15, -0.1) is 0 Å². The zero-order chi connectivity index (χ0) is 33.0. The van der Waals surface area contributed by atoms with Gasteiger partial charge in [0.2, 0.25) is 0 Å². The summed E-state index contributed by atoms with van der Waals surface area (Å²) < 4.78 is 89.8. The lowest BCUT2D eigenvalue weighted by Crippen LogP contribution is -2.67. The quantitative estimate of drug-likeness (QED) is 0.303. The number of methoxy groups -OCH3 is 2. The molecule has 2 heterocycles. The fourth-order valence-corrected chi connectivity index (χ4v) is 11.3. The fourth-order valence-electron chi connectivity index (χ4n) is 9.09. The summed E-state index contributed by atoms with van der Waals surface area (Å²) >= 11 is 0. The van der Waals surface area contributed by atoms with Crippen LogP contribution < -0.4 is 9.47 Å². The van der Waals surface area contributed by atoms with Crippen molar-refractivity contribution in [2.24, 2.45) is 22.7 Å². The summed E-state index contributed by atoms with van der Waals surface area (Å²) in [6, 6.07) is 12.1. The maximum Gasteiger partial charge on any atom is 0.297 e. The summed E-state index contributed by atoms with van der Waals surface area (Å²) in [4.78, 5) is 0.00151. The molecule has 2 aromatic rings. The molecule has 2 aliphatic carbocycles. The van der Waals surface area contributed by atoms with E-state index in [0.29, 0.717) is 37.6 Å². The van der Waals surface area contributed by atoms with Crippen molar-refractivity contribution in [2.45, 2.75) is 92.8 Å². The van der Waals surface area contributed by atoms with E-state index in [1.807, 2.05) is 6.92 Å². The Morgan fingerprint density at radius 2 is 1.39 bits per heavy atom. The standard InChI is InChI=1S/C34H46O10S2/c1-24-6-15-29-31(2,22-42-45(35,36)27-11-7-25(39-4)8-12-27)30(43-46(37,38)28-13-9-26(40-5)10-14-28)16-17-32(29,3)34(24)19-18-33(44-34)20-21-41-23-33/h7-14,24,29-30H,6,15-23H2,1-5H3/t24-,29+,30+,31+,32+,33-,34+/m1/s1. The van der Waals surface area contributed by atoms with Crippen LogP contribution in [0.15, 0.2) is 58.3 Å². The second kappa shape index (κ2) is 12.0. The molecule has 2 saturated heterocycles. The molecule has 0 amide bonds. The van der Waals surface area contributed by atoms with Gasteiger partial charge in [-0.05, 0) is 98.9 Å². The molecule has 10 nitrogen and oxygen atoms in total. The normalized spacial score (nSPS) is 36.2. The SMILES string of the molecule is COc1ccc(S(=O)(=O)OC[C@]2(C)[C@@H](OS(=O)(=O)c3ccc(OC)cc3)CC[C@@]3(C)[C@H]2CC[C@@H](C)[C@@]32CC[C@]3(CCOC3)O2)cc1. The minimum absolute atomic E-state index is 0.00479. The van der Waals surface area contributed by atoms with Gasteiger partial charge in [0, 0.05) is 23.9 Å². The highest BCUT2D eigenvalue weighted by atomic mass is 32.2. The topological polar surface area (TPSA) is 124 Å². The first-order valence-electron chi connectivity index (χ1n) is 16.1. The van der Waals surface area contributed by atoms with Crippen molar-refractivity contribution >= 4 is 20.2 Å². The van der Waals surface area contributed by atoms with Crippen LogP contribution in [0.4, 0.5) is 0 Å². The maximum atomic E-state index is 13.7. The lowest BCUT2D eigenvalue weighted by Gasteiger charge is -2.65. The largest absolute Gasteiger partial charge is 0.497 e. The van der Waals surface area contributed by atoms with Crippen LogP contribution in [0.25, 0.3) is 0 Å². The Kier molecular flexibility index (Phi) is 8.81. The second-order valence-electron chi connectivity index (χ2n) is 14.1. The Morgan fingerprint density at radius 1 is 0.783 bits per heavy atom. The summed E-state index contributed by atoms with van der Waals surface area (Å²) in [7, 11) is -5.37. The average molecular weight is 679 g/mol. The van der Waals surface area contributed by atoms with E-state index in [1.54, 1.807) is 24.3 Å². The van der Waals surface area contributed by atoms with E-state index in [9.17, 15) is 16.8 Å². The summed E-state index contributed by atoms with van der Waals surface area (Å²) in [5.74, 6) is 1.17. The Labute approximate surface area is 273 Å². The van der Waals surface area contributed by atoms with Crippen LogP contribution in [0, 0.1) is 22.7 Å². The molecule has 0 N–H and O–H groups in total. The number of fused-ring (bicyclic) bond motifs is 2. The molecule has 4 fully saturated rings. The highest BCUT2D eigenvalue weighted by Crippen LogP contribution is 2.68. The maximum absolute atomic E-state index is 13.7. The number of rotatable bonds is 9. The molecule has 7 atom stereocenters. The monoisotopic (exact) mass is 678 g/mol. The van der Waals surface area contributed by atoms with Crippen LogP contribution in [-0.2, 0) is 38.1 Å². The van der Waals surface area contributed by atoms with Crippen molar-refractivity contribution in [1.82, 2.24) is 0 Å². The first-order valence-corrected chi connectivity index (χ1v) is 18.9.